The van der Waals surface area contributed by atoms with E-state index < -0.39 is 13.4 Å². The van der Waals surface area contributed by atoms with Gasteiger partial charge in [-0.15, -0.1) is 5.10 Å². The lowest BCUT2D eigenvalue weighted by atomic mass is 10.1. The number of carbonyl (C=O) groups excluding carboxylic acids is 1. The molecule has 11 heteroatoms. The Bertz CT molecular complexity index is 685. The van der Waals surface area contributed by atoms with Gasteiger partial charge in [-0.3, -0.25) is 4.79 Å². The molecule has 27 heavy (non-hydrogen) atoms. The van der Waals surface area contributed by atoms with Crippen LogP contribution in [0.2, 0.25) is 0 Å². The van der Waals surface area contributed by atoms with Gasteiger partial charge in [0, 0.05) is 13.2 Å². The van der Waals surface area contributed by atoms with Gasteiger partial charge in [-0.05, 0) is 41.7 Å². The van der Waals surface area contributed by atoms with Crippen molar-refractivity contribution >= 4 is 13.2 Å². The maximum atomic E-state index is 12.1. The zero-order valence-corrected chi connectivity index (χ0v) is 15.1. The number of benzene rings is 1. The molecule has 0 aliphatic carbocycles. The SMILES string of the molecule is NC(CCCCOB(O)O)c1nnnn1CC(=O)NCCc1ccccc1. The Morgan fingerprint density at radius 1 is 1.30 bits per heavy atom. The minimum absolute atomic E-state index is 0.00460. The second-order valence-corrected chi connectivity index (χ2v) is 6.08. The lowest BCUT2D eigenvalue weighted by Gasteiger charge is -2.12. The van der Waals surface area contributed by atoms with Gasteiger partial charge < -0.3 is 25.8 Å². The van der Waals surface area contributed by atoms with Crippen LogP contribution in [0.5, 0.6) is 0 Å². The van der Waals surface area contributed by atoms with Crippen LogP contribution in [-0.2, 0) is 22.4 Å². The van der Waals surface area contributed by atoms with Crippen molar-refractivity contribution in [3.8, 4) is 0 Å². The number of nitrogens with zero attached hydrogens (tertiary/aromatic N) is 4. The molecule has 1 heterocycles. The number of unbranched alkanes of at least 4 members (excludes halogenated alkanes) is 1. The van der Waals surface area contributed by atoms with Gasteiger partial charge in [0.2, 0.25) is 5.91 Å². The van der Waals surface area contributed by atoms with Crippen molar-refractivity contribution in [1.82, 2.24) is 25.5 Å². The molecule has 1 aromatic heterocycles. The fraction of sp³-hybridized carbons (Fsp3) is 0.500. The van der Waals surface area contributed by atoms with Gasteiger partial charge in [-0.1, -0.05) is 30.3 Å². The normalized spacial score (nSPS) is 12.0. The Hall–Kier alpha value is -2.34. The molecule has 0 bridgehead atoms. The number of amides is 1. The summed E-state index contributed by atoms with van der Waals surface area (Å²) < 4.78 is 6.03. The molecule has 1 amide bonds. The van der Waals surface area contributed by atoms with Crippen molar-refractivity contribution < 1.29 is 19.5 Å². The molecule has 0 fully saturated rings. The summed E-state index contributed by atoms with van der Waals surface area (Å²) in [5.74, 6) is 0.258. The van der Waals surface area contributed by atoms with E-state index in [1.807, 2.05) is 30.3 Å². The van der Waals surface area contributed by atoms with E-state index in [4.69, 9.17) is 15.8 Å². The molecule has 1 aromatic carbocycles. The van der Waals surface area contributed by atoms with Crippen molar-refractivity contribution in [3.05, 3.63) is 41.7 Å². The fourth-order valence-corrected chi connectivity index (χ4v) is 2.56. The molecule has 0 aliphatic heterocycles. The standard InChI is InChI=1S/C16H25BN6O4/c18-14(8-4-5-11-27-17(25)26)16-20-21-22-23(16)12-15(24)19-10-9-13-6-2-1-3-7-13/h1-3,6-7,14,25-26H,4-5,8-12,18H2,(H,19,24). The molecule has 1 atom stereocenters. The molecule has 0 saturated heterocycles. The van der Waals surface area contributed by atoms with E-state index in [-0.39, 0.29) is 19.1 Å². The second-order valence-electron chi connectivity index (χ2n) is 6.08. The van der Waals surface area contributed by atoms with E-state index in [0.29, 0.717) is 31.6 Å². The second kappa shape index (κ2) is 11.4. The minimum Gasteiger partial charge on any atom is -0.402 e. The van der Waals surface area contributed by atoms with Gasteiger partial charge in [-0.2, -0.15) is 0 Å². The van der Waals surface area contributed by atoms with Gasteiger partial charge in [0.25, 0.3) is 0 Å². The summed E-state index contributed by atoms with van der Waals surface area (Å²) in [4.78, 5) is 12.1. The van der Waals surface area contributed by atoms with Crippen molar-refractivity contribution in [1.29, 1.82) is 0 Å². The molecular weight excluding hydrogens is 351 g/mol. The third-order valence-electron chi connectivity index (χ3n) is 3.94. The highest BCUT2D eigenvalue weighted by molar-refractivity contribution is 6.32. The van der Waals surface area contributed by atoms with Crippen LogP contribution in [0.4, 0.5) is 0 Å². The van der Waals surface area contributed by atoms with E-state index in [1.54, 1.807) is 0 Å². The Morgan fingerprint density at radius 2 is 2.07 bits per heavy atom. The van der Waals surface area contributed by atoms with Crippen LogP contribution in [-0.4, -0.2) is 56.6 Å². The number of hydrogen-bond donors (Lipinski definition) is 4. The zero-order valence-electron chi connectivity index (χ0n) is 15.1. The minimum atomic E-state index is -1.76. The molecule has 10 nitrogen and oxygen atoms in total. The highest BCUT2D eigenvalue weighted by atomic mass is 16.6. The highest BCUT2D eigenvalue weighted by Gasteiger charge is 2.17. The summed E-state index contributed by atoms with van der Waals surface area (Å²) in [6.07, 6.45) is 2.65. The Morgan fingerprint density at radius 3 is 2.81 bits per heavy atom. The predicted octanol–water partition coefficient (Wildman–Crippen LogP) is -0.812. The summed E-state index contributed by atoms with van der Waals surface area (Å²) >= 11 is 0. The fourth-order valence-electron chi connectivity index (χ4n) is 2.56. The predicted molar refractivity (Wildman–Crippen MR) is 97.9 cm³/mol. The van der Waals surface area contributed by atoms with Gasteiger partial charge >= 0.3 is 7.32 Å². The highest BCUT2D eigenvalue weighted by Crippen LogP contribution is 2.13. The number of nitrogens with two attached hydrogens (primary N) is 1. The van der Waals surface area contributed by atoms with Gasteiger partial charge in [-0.25, -0.2) is 4.68 Å². The maximum Gasteiger partial charge on any atom is 0.633 e. The van der Waals surface area contributed by atoms with Crippen LogP contribution >= 0.6 is 0 Å². The van der Waals surface area contributed by atoms with Crippen molar-refractivity contribution in [2.24, 2.45) is 5.73 Å². The largest absolute Gasteiger partial charge is 0.633 e. The van der Waals surface area contributed by atoms with Crippen molar-refractivity contribution in [2.75, 3.05) is 13.2 Å². The number of hydrogen-bond acceptors (Lipinski definition) is 8. The molecule has 5 N–H and O–H groups in total. The van der Waals surface area contributed by atoms with E-state index in [1.165, 1.54) is 4.68 Å². The molecule has 0 aliphatic rings. The van der Waals surface area contributed by atoms with Crippen LogP contribution in [0, 0.1) is 0 Å². The van der Waals surface area contributed by atoms with Gasteiger partial charge in [0.1, 0.15) is 6.54 Å². The number of tetrazole rings is 1. The first-order valence-electron chi connectivity index (χ1n) is 8.86. The van der Waals surface area contributed by atoms with Crippen LogP contribution in [0.3, 0.4) is 0 Å². The van der Waals surface area contributed by atoms with Gasteiger partial charge in [0.05, 0.1) is 6.04 Å². The van der Waals surface area contributed by atoms with Crippen LogP contribution in [0.1, 0.15) is 36.7 Å². The van der Waals surface area contributed by atoms with Crippen LogP contribution in [0.15, 0.2) is 30.3 Å². The molecule has 0 radical (unpaired) electrons. The molecular formula is C16H25BN6O4. The number of rotatable bonds is 12. The van der Waals surface area contributed by atoms with E-state index in [9.17, 15) is 4.79 Å². The molecule has 1 unspecified atom stereocenters. The average molecular weight is 376 g/mol. The summed E-state index contributed by atoms with van der Waals surface area (Å²) in [6.45, 7) is 0.757. The molecule has 0 spiro atoms. The summed E-state index contributed by atoms with van der Waals surface area (Å²) in [5, 5.41) is 31.4. The number of nitrogens with one attached hydrogen (secondary N) is 1. The Balaban J connectivity index is 1.72. The molecule has 2 aromatic rings. The van der Waals surface area contributed by atoms with Crippen LogP contribution in [0.25, 0.3) is 0 Å². The van der Waals surface area contributed by atoms with Gasteiger partial charge in [0.15, 0.2) is 5.82 Å². The topological polar surface area (TPSA) is 148 Å². The number of carbonyl (C=O) groups is 1. The Kier molecular flexibility index (Phi) is 8.85. The first-order chi connectivity index (χ1) is 13.1. The van der Waals surface area contributed by atoms with E-state index in [0.717, 1.165) is 12.0 Å². The van der Waals surface area contributed by atoms with Crippen LogP contribution < -0.4 is 11.1 Å². The summed E-state index contributed by atoms with van der Waals surface area (Å²) in [7, 11) is -1.76. The first kappa shape index (κ1) is 21.0. The molecule has 0 saturated carbocycles. The van der Waals surface area contributed by atoms with Crippen molar-refractivity contribution in [2.45, 2.75) is 38.3 Å². The molecule has 2 rings (SSSR count). The van der Waals surface area contributed by atoms with Crippen molar-refractivity contribution in [3.63, 3.8) is 0 Å². The average Bonchev–Trinajstić information content (AvgIpc) is 3.10. The quantitative estimate of drug-likeness (QED) is 0.278. The Labute approximate surface area is 157 Å². The third-order valence-corrected chi connectivity index (χ3v) is 3.94. The molecule has 146 valence electrons. The number of aromatic nitrogens is 4. The smallest absolute Gasteiger partial charge is 0.402 e. The maximum absolute atomic E-state index is 12.1. The lowest BCUT2D eigenvalue weighted by Crippen LogP contribution is -2.31. The first-order valence-corrected chi connectivity index (χ1v) is 8.86. The van der Waals surface area contributed by atoms with E-state index in [2.05, 4.69) is 25.5 Å². The monoisotopic (exact) mass is 376 g/mol. The zero-order chi connectivity index (χ0) is 19.5. The summed E-state index contributed by atoms with van der Waals surface area (Å²) in [5.41, 5.74) is 7.25. The third kappa shape index (κ3) is 7.83. The van der Waals surface area contributed by atoms with E-state index >= 15 is 0 Å². The summed E-state index contributed by atoms with van der Waals surface area (Å²) in [6, 6.07) is 9.48. The lowest BCUT2D eigenvalue weighted by molar-refractivity contribution is -0.121.